The highest BCUT2D eigenvalue weighted by Crippen LogP contribution is 2.06. The maximum absolute atomic E-state index is 5.29. The van der Waals surface area contributed by atoms with Gasteiger partial charge in [0.05, 0.1) is 0 Å². The van der Waals surface area contributed by atoms with E-state index in [1.165, 1.54) is 12.5 Å². The molecule has 0 spiro atoms. The summed E-state index contributed by atoms with van der Waals surface area (Å²) in [6.45, 7) is 2.17. The van der Waals surface area contributed by atoms with Gasteiger partial charge in [0.1, 0.15) is 9.04 Å². The Hall–Kier alpha value is 0.314. The van der Waals surface area contributed by atoms with Gasteiger partial charge in [0.2, 0.25) is 0 Å². The van der Waals surface area contributed by atoms with Crippen molar-refractivity contribution in [2.24, 2.45) is 0 Å². The van der Waals surface area contributed by atoms with Crippen molar-refractivity contribution < 1.29 is 13.3 Å². The lowest BCUT2D eigenvalue weighted by Crippen LogP contribution is -2.49. The van der Waals surface area contributed by atoms with E-state index >= 15 is 0 Å². The lowest BCUT2D eigenvalue weighted by Gasteiger charge is -2.24. The predicted octanol–water partition coefficient (Wildman–Crippen LogP) is 0.358. The highest BCUT2D eigenvalue weighted by atomic mass is 29.2. The summed E-state index contributed by atoms with van der Waals surface area (Å²) < 4.78 is 15.9. The van der Waals surface area contributed by atoms with Crippen LogP contribution in [0.3, 0.4) is 0 Å². The minimum atomic E-state index is -2.10. The van der Waals surface area contributed by atoms with Crippen molar-refractivity contribution in [3.8, 4) is 0 Å². The quantitative estimate of drug-likeness (QED) is 0.571. The van der Waals surface area contributed by atoms with E-state index < -0.39 is 8.32 Å². The van der Waals surface area contributed by atoms with Crippen LogP contribution in [-0.4, -0.2) is 38.7 Å². The van der Waals surface area contributed by atoms with Gasteiger partial charge in [-0.2, -0.15) is 0 Å². The average Bonchev–Trinajstić information content (AvgIpc) is 2.08. The standard InChI is InChI=1S/C6H18O3Si2/c1-5-6-10-11(7-2,8-3)9-4/h5-6,10H2,1-4H3. The molecule has 0 amide bonds. The molecule has 0 saturated carbocycles. The smallest absolute Gasteiger partial charge is 0.380 e. The first-order valence-corrected chi connectivity index (χ1v) is 8.95. The summed E-state index contributed by atoms with van der Waals surface area (Å²) in [6.07, 6.45) is 1.21. The van der Waals surface area contributed by atoms with E-state index in [9.17, 15) is 0 Å². The third kappa shape index (κ3) is 3.48. The molecule has 0 fully saturated rings. The van der Waals surface area contributed by atoms with E-state index in [2.05, 4.69) is 6.92 Å². The fraction of sp³-hybridized carbons (Fsp3) is 1.00. The van der Waals surface area contributed by atoms with Crippen LogP contribution in [0, 0.1) is 0 Å². The number of rotatable bonds is 6. The molecule has 0 aliphatic heterocycles. The van der Waals surface area contributed by atoms with Crippen LogP contribution in [0.15, 0.2) is 0 Å². The largest absolute Gasteiger partial charge is 0.461 e. The highest BCUT2D eigenvalue weighted by molar-refractivity contribution is 7.14. The zero-order valence-electron chi connectivity index (χ0n) is 7.85. The normalized spacial score (nSPS) is 13.1. The molecule has 11 heavy (non-hydrogen) atoms. The average molecular weight is 194 g/mol. The van der Waals surface area contributed by atoms with E-state index in [4.69, 9.17) is 13.3 Å². The molecule has 3 nitrogen and oxygen atoms in total. The van der Waals surface area contributed by atoms with Gasteiger partial charge in [0, 0.05) is 21.3 Å². The molecule has 0 bridgehead atoms. The molecular formula is C6H18O3Si2. The van der Waals surface area contributed by atoms with Crippen LogP contribution in [-0.2, 0) is 13.3 Å². The molecule has 0 aliphatic carbocycles. The molecule has 0 aromatic heterocycles. The Kier molecular flexibility index (Phi) is 6.07. The zero-order chi connectivity index (χ0) is 8.74. The Morgan fingerprint density at radius 2 is 1.55 bits per heavy atom. The summed E-state index contributed by atoms with van der Waals surface area (Å²) in [7, 11) is 2.64. The SMILES string of the molecule is CCC[SiH2][Si](OC)(OC)OC. The van der Waals surface area contributed by atoms with Crippen LogP contribution in [0.25, 0.3) is 0 Å². The van der Waals surface area contributed by atoms with Gasteiger partial charge < -0.3 is 13.3 Å². The lowest BCUT2D eigenvalue weighted by atomic mass is 10.6. The van der Waals surface area contributed by atoms with Crippen molar-refractivity contribution in [3.63, 3.8) is 0 Å². The topological polar surface area (TPSA) is 27.7 Å². The van der Waals surface area contributed by atoms with Crippen molar-refractivity contribution in [2.75, 3.05) is 21.3 Å². The first-order valence-electron chi connectivity index (χ1n) is 3.90. The van der Waals surface area contributed by atoms with Gasteiger partial charge in [-0.3, -0.25) is 0 Å². The minimum Gasteiger partial charge on any atom is -0.380 e. The van der Waals surface area contributed by atoms with E-state index in [0.29, 0.717) is 0 Å². The van der Waals surface area contributed by atoms with Gasteiger partial charge in [-0.15, -0.1) is 0 Å². The molecule has 0 atom stereocenters. The van der Waals surface area contributed by atoms with Gasteiger partial charge in [0.15, 0.2) is 0 Å². The predicted molar refractivity (Wildman–Crippen MR) is 50.4 cm³/mol. The summed E-state index contributed by atoms with van der Waals surface area (Å²) in [4.78, 5) is 0. The van der Waals surface area contributed by atoms with Crippen molar-refractivity contribution in [1.29, 1.82) is 0 Å². The lowest BCUT2D eigenvalue weighted by molar-refractivity contribution is 0.148. The third-order valence-corrected chi connectivity index (χ3v) is 10.8. The Morgan fingerprint density at radius 3 is 1.82 bits per heavy atom. The summed E-state index contributed by atoms with van der Waals surface area (Å²) in [5.41, 5.74) is 0. The second-order valence-corrected chi connectivity index (χ2v) is 10.3. The third-order valence-electron chi connectivity index (χ3n) is 1.77. The number of hydrogen-bond acceptors (Lipinski definition) is 3. The summed E-state index contributed by atoms with van der Waals surface area (Å²) in [5, 5.41) is 0. The molecule has 0 heterocycles. The maximum atomic E-state index is 5.29. The molecule has 0 radical (unpaired) electrons. The molecule has 0 aromatic carbocycles. The first-order chi connectivity index (χ1) is 5.24. The molecule has 68 valence electrons. The van der Waals surface area contributed by atoms with Gasteiger partial charge >= 0.3 is 8.32 Å². The van der Waals surface area contributed by atoms with E-state index in [1.54, 1.807) is 21.3 Å². The Morgan fingerprint density at radius 1 is 1.09 bits per heavy atom. The molecule has 0 saturated heterocycles. The van der Waals surface area contributed by atoms with E-state index in [1.807, 2.05) is 0 Å². The summed E-state index contributed by atoms with van der Waals surface area (Å²) >= 11 is 0. The van der Waals surface area contributed by atoms with Crippen molar-refractivity contribution in [3.05, 3.63) is 0 Å². The first kappa shape index (κ1) is 11.3. The van der Waals surface area contributed by atoms with Gasteiger partial charge in [0.25, 0.3) is 0 Å². The number of hydrogen-bond donors (Lipinski definition) is 0. The Balaban J connectivity index is 3.84. The molecule has 0 aliphatic rings. The van der Waals surface area contributed by atoms with E-state index in [-0.39, 0.29) is 9.04 Å². The second-order valence-electron chi connectivity index (χ2n) is 2.40. The maximum Gasteiger partial charge on any atom is 0.461 e. The summed E-state index contributed by atoms with van der Waals surface area (Å²) in [6, 6.07) is 1.24. The van der Waals surface area contributed by atoms with Crippen molar-refractivity contribution in [2.45, 2.75) is 19.4 Å². The van der Waals surface area contributed by atoms with Crippen molar-refractivity contribution in [1.82, 2.24) is 0 Å². The van der Waals surface area contributed by atoms with E-state index in [0.717, 1.165) is 0 Å². The van der Waals surface area contributed by atoms with Crippen LogP contribution in [0.5, 0.6) is 0 Å². The molecule has 0 aromatic rings. The Bertz CT molecular complexity index is 87.6. The van der Waals surface area contributed by atoms with Crippen LogP contribution in [0.1, 0.15) is 13.3 Å². The molecule has 5 heteroatoms. The fourth-order valence-electron chi connectivity index (χ4n) is 0.949. The fourth-order valence-corrected chi connectivity index (χ4v) is 7.05. The van der Waals surface area contributed by atoms with Gasteiger partial charge in [-0.1, -0.05) is 19.4 Å². The summed E-state index contributed by atoms with van der Waals surface area (Å²) in [5.74, 6) is 0. The molecule has 0 N–H and O–H groups in total. The van der Waals surface area contributed by atoms with Gasteiger partial charge in [-0.25, -0.2) is 0 Å². The van der Waals surface area contributed by atoms with Crippen LogP contribution < -0.4 is 0 Å². The highest BCUT2D eigenvalue weighted by Gasteiger charge is 2.35. The monoisotopic (exact) mass is 194 g/mol. The van der Waals surface area contributed by atoms with Crippen LogP contribution in [0.4, 0.5) is 0 Å². The van der Waals surface area contributed by atoms with Crippen LogP contribution >= 0.6 is 0 Å². The second kappa shape index (κ2) is 5.90. The molecular weight excluding hydrogens is 176 g/mol. The van der Waals surface area contributed by atoms with Crippen molar-refractivity contribution >= 4 is 17.4 Å². The van der Waals surface area contributed by atoms with Gasteiger partial charge in [-0.05, 0) is 0 Å². The molecule has 0 rings (SSSR count). The Labute approximate surface area is 72.0 Å². The zero-order valence-corrected chi connectivity index (χ0v) is 10.3. The molecule has 0 unspecified atom stereocenters. The minimum absolute atomic E-state index is 0.309. The van der Waals surface area contributed by atoms with Crippen LogP contribution in [0.2, 0.25) is 6.04 Å².